The molecule has 0 saturated heterocycles. The van der Waals surface area contributed by atoms with Crippen LogP contribution in [0.5, 0.6) is 0 Å². The normalized spacial score (nSPS) is 13.7. The minimum atomic E-state index is 0.0345. The maximum atomic E-state index is 12.3. The van der Waals surface area contributed by atoms with E-state index in [1.165, 1.54) is 16.7 Å². The highest BCUT2D eigenvalue weighted by Crippen LogP contribution is 2.33. The van der Waals surface area contributed by atoms with Crippen molar-refractivity contribution in [1.29, 1.82) is 0 Å². The van der Waals surface area contributed by atoms with E-state index >= 15 is 0 Å². The van der Waals surface area contributed by atoms with E-state index in [1.54, 1.807) is 0 Å². The molecule has 1 rings (SSSR count). The van der Waals surface area contributed by atoms with Crippen LogP contribution < -0.4 is 0 Å². The number of Topliss-reactive ketones (excluding diaryl/α,β-unsaturated/α-hetero) is 1. The number of carbonyl (C=O) groups is 1. The van der Waals surface area contributed by atoms with Gasteiger partial charge in [-0.2, -0.15) is 0 Å². The van der Waals surface area contributed by atoms with Crippen LogP contribution >= 0.6 is 0 Å². The molecule has 0 saturated carbocycles. The fraction of sp³-hybridized carbons (Fsp3) is 0.611. The summed E-state index contributed by atoms with van der Waals surface area (Å²) < 4.78 is 0. The topological polar surface area (TPSA) is 17.1 Å². The molecule has 1 aromatic carbocycles. The Morgan fingerprint density at radius 1 is 1.21 bits per heavy atom. The zero-order chi connectivity index (χ0) is 14.8. The van der Waals surface area contributed by atoms with Gasteiger partial charge in [0.1, 0.15) is 5.78 Å². The third-order valence-corrected chi connectivity index (χ3v) is 3.84. The molecule has 1 unspecified atom stereocenters. The molecule has 0 aliphatic heterocycles. The van der Waals surface area contributed by atoms with Crippen LogP contribution in [0.3, 0.4) is 0 Å². The average Bonchev–Trinajstić information content (AvgIpc) is 2.29. The Balaban J connectivity index is 3.34. The minimum absolute atomic E-state index is 0.0345. The van der Waals surface area contributed by atoms with Crippen molar-refractivity contribution < 1.29 is 4.79 Å². The van der Waals surface area contributed by atoms with E-state index in [9.17, 15) is 4.79 Å². The van der Waals surface area contributed by atoms with Crippen molar-refractivity contribution in [2.24, 2.45) is 5.92 Å². The van der Waals surface area contributed by atoms with Gasteiger partial charge in [0.2, 0.25) is 0 Å². The summed E-state index contributed by atoms with van der Waals surface area (Å²) in [4.78, 5) is 12.3. The van der Waals surface area contributed by atoms with Crippen molar-refractivity contribution in [3.8, 4) is 0 Å². The second kappa shape index (κ2) is 5.90. The van der Waals surface area contributed by atoms with Gasteiger partial charge in [0.15, 0.2) is 0 Å². The summed E-state index contributed by atoms with van der Waals surface area (Å²) in [6.07, 6.45) is 0.613. The second-order valence-electron chi connectivity index (χ2n) is 6.86. The van der Waals surface area contributed by atoms with Crippen molar-refractivity contribution >= 4 is 5.78 Å². The number of rotatable bonds is 4. The van der Waals surface area contributed by atoms with Crippen molar-refractivity contribution in [2.75, 3.05) is 0 Å². The molecule has 0 N–H and O–H groups in total. The highest BCUT2D eigenvalue weighted by molar-refractivity contribution is 5.86. The van der Waals surface area contributed by atoms with E-state index in [0.717, 1.165) is 0 Å². The molecule has 0 aliphatic carbocycles. The first kappa shape index (κ1) is 15.9. The lowest BCUT2D eigenvalue weighted by molar-refractivity contribution is -0.121. The fourth-order valence-electron chi connectivity index (χ4n) is 2.57. The van der Waals surface area contributed by atoms with Gasteiger partial charge in [0.25, 0.3) is 0 Å². The first-order valence-electron chi connectivity index (χ1n) is 7.32. The molecule has 0 spiro atoms. The lowest BCUT2D eigenvalue weighted by Gasteiger charge is -2.26. The molecule has 1 nitrogen and oxygen atoms in total. The van der Waals surface area contributed by atoms with Crippen molar-refractivity contribution in [1.82, 2.24) is 0 Å². The van der Waals surface area contributed by atoms with Crippen LogP contribution in [0, 0.1) is 12.8 Å². The summed E-state index contributed by atoms with van der Waals surface area (Å²) in [7, 11) is 0. The predicted molar refractivity (Wildman–Crippen MR) is 82.8 cm³/mol. The maximum Gasteiger partial charge on any atom is 0.140 e. The van der Waals surface area contributed by atoms with Crippen molar-refractivity contribution in [2.45, 2.75) is 66.2 Å². The number of benzene rings is 1. The molecule has 1 heteroatoms. The highest BCUT2D eigenvalue weighted by atomic mass is 16.1. The van der Waals surface area contributed by atoms with Crippen molar-refractivity contribution in [3.05, 3.63) is 34.9 Å². The number of ketones is 1. The molecule has 0 bridgehead atoms. The third-order valence-electron chi connectivity index (χ3n) is 3.84. The molecule has 0 aliphatic rings. The first-order valence-corrected chi connectivity index (χ1v) is 7.32. The van der Waals surface area contributed by atoms with Crippen LogP contribution in [-0.4, -0.2) is 5.78 Å². The van der Waals surface area contributed by atoms with E-state index in [0.29, 0.717) is 18.1 Å². The van der Waals surface area contributed by atoms with E-state index in [1.807, 2.05) is 6.92 Å². The monoisotopic (exact) mass is 260 g/mol. The summed E-state index contributed by atoms with van der Waals surface area (Å²) in [5.74, 6) is 0.734. The molecule has 0 heterocycles. The molecular formula is C18H28O. The van der Waals surface area contributed by atoms with Crippen LogP contribution in [0.1, 0.15) is 70.6 Å². The van der Waals surface area contributed by atoms with Gasteiger partial charge in [-0.05, 0) is 34.9 Å². The summed E-state index contributed by atoms with van der Waals surface area (Å²) in [6, 6.07) is 6.59. The number of hydrogen-bond acceptors (Lipinski definition) is 1. The largest absolute Gasteiger partial charge is 0.299 e. The Morgan fingerprint density at radius 3 is 2.21 bits per heavy atom. The molecule has 0 amide bonds. The Hall–Kier alpha value is -1.11. The van der Waals surface area contributed by atoms with E-state index in [-0.39, 0.29) is 11.3 Å². The van der Waals surface area contributed by atoms with Gasteiger partial charge in [0, 0.05) is 12.3 Å². The first-order chi connectivity index (χ1) is 8.68. The minimum Gasteiger partial charge on any atom is -0.299 e. The predicted octanol–water partition coefficient (Wildman–Crippen LogP) is 5.01. The number of aryl methyl sites for hydroxylation is 1. The summed E-state index contributed by atoms with van der Waals surface area (Å²) in [6.45, 7) is 15.0. The fourth-order valence-corrected chi connectivity index (χ4v) is 2.57. The number of hydrogen-bond donors (Lipinski definition) is 0. The molecule has 19 heavy (non-hydrogen) atoms. The van der Waals surface area contributed by atoms with Gasteiger partial charge in [-0.3, -0.25) is 4.79 Å². The third kappa shape index (κ3) is 3.68. The molecule has 0 aromatic heterocycles. The average molecular weight is 260 g/mol. The molecule has 0 fully saturated rings. The van der Waals surface area contributed by atoms with E-state index in [2.05, 4.69) is 59.7 Å². The standard InChI is InChI=1S/C18H28O/c1-8-16(19)17(12(2)3)15-11-14(18(5,6)7)10-9-13(15)4/h9-12,17H,8H2,1-7H3. The van der Waals surface area contributed by atoms with Crippen molar-refractivity contribution in [3.63, 3.8) is 0 Å². The summed E-state index contributed by atoms with van der Waals surface area (Å²) in [5, 5.41) is 0. The van der Waals surface area contributed by atoms with Gasteiger partial charge >= 0.3 is 0 Å². The lowest BCUT2D eigenvalue weighted by Crippen LogP contribution is -2.20. The maximum absolute atomic E-state index is 12.3. The molecular weight excluding hydrogens is 232 g/mol. The van der Waals surface area contributed by atoms with Gasteiger partial charge in [0.05, 0.1) is 0 Å². The number of carbonyl (C=O) groups excluding carboxylic acids is 1. The Labute approximate surface area is 118 Å². The lowest BCUT2D eigenvalue weighted by atomic mass is 9.78. The van der Waals surface area contributed by atoms with E-state index in [4.69, 9.17) is 0 Å². The van der Waals surface area contributed by atoms with E-state index < -0.39 is 0 Å². The van der Waals surface area contributed by atoms with Crippen LogP contribution in [0.25, 0.3) is 0 Å². The van der Waals surface area contributed by atoms with Gasteiger partial charge in [-0.15, -0.1) is 0 Å². The quantitative estimate of drug-likeness (QED) is 0.743. The Bertz CT molecular complexity index is 449. The SMILES string of the molecule is CCC(=O)C(c1cc(C(C)(C)C)ccc1C)C(C)C. The summed E-state index contributed by atoms with van der Waals surface area (Å²) >= 11 is 0. The van der Waals surface area contributed by atoms with Crippen LogP contribution in [0.4, 0.5) is 0 Å². The molecule has 1 aromatic rings. The Kier molecular flexibility index (Phi) is 4.95. The Morgan fingerprint density at radius 2 is 1.79 bits per heavy atom. The van der Waals surface area contributed by atoms with Crippen LogP contribution in [0.15, 0.2) is 18.2 Å². The smallest absolute Gasteiger partial charge is 0.140 e. The van der Waals surface area contributed by atoms with Gasteiger partial charge < -0.3 is 0 Å². The zero-order valence-corrected chi connectivity index (χ0v) is 13.5. The molecule has 1 atom stereocenters. The zero-order valence-electron chi connectivity index (χ0n) is 13.5. The molecule has 106 valence electrons. The van der Waals surface area contributed by atoms with Gasteiger partial charge in [-0.25, -0.2) is 0 Å². The molecule has 0 radical (unpaired) electrons. The highest BCUT2D eigenvalue weighted by Gasteiger charge is 2.25. The van der Waals surface area contributed by atoms with Crippen LogP contribution in [-0.2, 0) is 10.2 Å². The van der Waals surface area contributed by atoms with Crippen LogP contribution in [0.2, 0.25) is 0 Å². The van der Waals surface area contributed by atoms with Gasteiger partial charge in [-0.1, -0.05) is 59.7 Å². The summed E-state index contributed by atoms with van der Waals surface area (Å²) in [5.41, 5.74) is 3.88. The second-order valence-corrected chi connectivity index (χ2v) is 6.86.